The van der Waals surface area contributed by atoms with Crippen molar-refractivity contribution >= 4 is 5.96 Å². The van der Waals surface area contributed by atoms with Gasteiger partial charge in [0, 0.05) is 25.2 Å². The molecule has 0 saturated carbocycles. The van der Waals surface area contributed by atoms with Crippen LogP contribution in [0.1, 0.15) is 38.7 Å². The fourth-order valence-corrected chi connectivity index (χ4v) is 3.03. The van der Waals surface area contributed by atoms with Crippen molar-refractivity contribution in [3.8, 4) is 5.75 Å². The lowest BCUT2D eigenvalue weighted by atomic mass is 9.74. The van der Waals surface area contributed by atoms with Crippen LogP contribution < -0.4 is 15.8 Å². The average molecular weight is 333 g/mol. The minimum absolute atomic E-state index is 0.00509. The van der Waals surface area contributed by atoms with Crippen molar-refractivity contribution < 1.29 is 9.47 Å². The van der Waals surface area contributed by atoms with E-state index in [1.54, 1.807) is 7.11 Å². The molecule has 5 heteroatoms. The number of benzene rings is 1. The standard InChI is InChI=1S/C19H31N3O2/c1-15(2)8-11-21-18(20)22-14-19(9-12-24-13-10-19)16-4-6-17(23-3)7-5-16/h4-7,15H,8-14H2,1-3H3,(H3,20,21,22). The predicted molar refractivity (Wildman–Crippen MR) is 98.7 cm³/mol. The molecule has 1 saturated heterocycles. The summed E-state index contributed by atoms with van der Waals surface area (Å²) in [7, 11) is 1.69. The van der Waals surface area contributed by atoms with Crippen molar-refractivity contribution in [2.75, 3.05) is 33.4 Å². The Morgan fingerprint density at radius 3 is 2.54 bits per heavy atom. The zero-order chi connectivity index (χ0) is 17.4. The van der Waals surface area contributed by atoms with Gasteiger partial charge in [-0.15, -0.1) is 0 Å². The first-order valence-corrected chi connectivity index (χ1v) is 8.82. The number of rotatable bonds is 7. The van der Waals surface area contributed by atoms with Crippen molar-refractivity contribution in [1.82, 2.24) is 5.32 Å². The summed E-state index contributed by atoms with van der Waals surface area (Å²) in [6, 6.07) is 8.31. The molecule has 134 valence electrons. The average Bonchev–Trinajstić information content (AvgIpc) is 2.60. The van der Waals surface area contributed by atoms with Gasteiger partial charge in [0.25, 0.3) is 0 Å². The van der Waals surface area contributed by atoms with Gasteiger partial charge in [-0.3, -0.25) is 4.99 Å². The first-order chi connectivity index (χ1) is 11.6. The smallest absolute Gasteiger partial charge is 0.188 e. The van der Waals surface area contributed by atoms with Crippen LogP contribution in [0.25, 0.3) is 0 Å². The maximum Gasteiger partial charge on any atom is 0.188 e. The number of nitrogens with one attached hydrogen (secondary N) is 1. The van der Waals surface area contributed by atoms with Crippen LogP contribution in [0.15, 0.2) is 29.3 Å². The quantitative estimate of drug-likeness (QED) is 0.595. The Morgan fingerprint density at radius 2 is 1.96 bits per heavy atom. The zero-order valence-electron chi connectivity index (χ0n) is 15.2. The molecule has 1 fully saturated rings. The SMILES string of the molecule is COc1ccc(C2(CN=C(N)NCCC(C)C)CCOCC2)cc1. The molecular formula is C19H31N3O2. The van der Waals surface area contributed by atoms with E-state index in [-0.39, 0.29) is 5.41 Å². The second kappa shape index (κ2) is 8.92. The lowest BCUT2D eigenvalue weighted by Gasteiger charge is -2.36. The fourth-order valence-electron chi connectivity index (χ4n) is 3.03. The zero-order valence-corrected chi connectivity index (χ0v) is 15.2. The molecule has 3 N–H and O–H groups in total. The monoisotopic (exact) mass is 333 g/mol. The normalized spacial score (nSPS) is 17.8. The summed E-state index contributed by atoms with van der Waals surface area (Å²) in [6.07, 6.45) is 3.01. The van der Waals surface area contributed by atoms with Gasteiger partial charge in [0.1, 0.15) is 5.75 Å². The van der Waals surface area contributed by atoms with Gasteiger partial charge in [0.05, 0.1) is 13.7 Å². The van der Waals surface area contributed by atoms with Gasteiger partial charge in [0.15, 0.2) is 5.96 Å². The third-order valence-corrected chi connectivity index (χ3v) is 4.73. The Morgan fingerprint density at radius 1 is 1.29 bits per heavy atom. The van der Waals surface area contributed by atoms with Crippen LogP contribution in [-0.2, 0) is 10.2 Å². The lowest BCUT2D eigenvalue weighted by molar-refractivity contribution is 0.0531. The molecule has 0 bridgehead atoms. The molecule has 0 atom stereocenters. The highest BCUT2D eigenvalue weighted by Crippen LogP contribution is 2.36. The molecule has 0 unspecified atom stereocenters. The van der Waals surface area contributed by atoms with E-state index in [0.717, 1.165) is 44.8 Å². The van der Waals surface area contributed by atoms with Crippen molar-refractivity contribution in [1.29, 1.82) is 0 Å². The van der Waals surface area contributed by atoms with Crippen molar-refractivity contribution in [3.63, 3.8) is 0 Å². The van der Waals surface area contributed by atoms with Gasteiger partial charge >= 0.3 is 0 Å². The number of ether oxygens (including phenoxy) is 2. The molecule has 1 heterocycles. The van der Waals surface area contributed by atoms with E-state index >= 15 is 0 Å². The van der Waals surface area contributed by atoms with Crippen LogP contribution in [0.2, 0.25) is 0 Å². The molecule has 1 aromatic rings. The molecule has 1 aromatic carbocycles. The number of methoxy groups -OCH3 is 1. The number of guanidine groups is 1. The summed E-state index contributed by atoms with van der Waals surface area (Å²) in [5, 5.41) is 3.22. The van der Waals surface area contributed by atoms with Gasteiger partial charge in [-0.05, 0) is 42.9 Å². The molecule has 2 rings (SSSR count). The topological polar surface area (TPSA) is 68.9 Å². The van der Waals surface area contributed by atoms with E-state index in [4.69, 9.17) is 15.2 Å². The minimum atomic E-state index is -0.00509. The Hall–Kier alpha value is -1.75. The Balaban J connectivity index is 2.06. The lowest BCUT2D eigenvalue weighted by Crippen LogP contribution is -2.39. The predicted octanol–water partition coefficient (Wildman–Crippen LogP) is 2.69. The first kappa shape index (κ1) is 18.6. The van der Waals surface area contributed by atoms with Crippen LogP contribution >= 0.6 is 0 Å². The number of hydrogen-bond donors (Lipinski definition) is 2. The summed E-state index contributed by atoms with van der Waals surface area (Å²) >= 11 is 0. The first-order valence-electron chi connectivity index (χ1n) is 8.82. The number of aliphatic imine (C=N–C) groups is 1. The van der Waals surface area contributed by atoms with Gasteiger partial charge in [-0.1, -0.05) is 26.0 Å². The van der Waals surface area contributed by atoms with E-state index in [9.17, 15) is 0 Å². The number of nitrogens with two attached hydrogens (primary N) is 1. The fraction of sp³-hybridized carbons (Fsp3) is 0.632. The molecule has 24 heavy (non-hydrogen) atoms. The Kier molecular flexibility index (Phi) is 6.91. The number of hydrogen-bond acceptors (Lipinski definition) is 3. The summed E-state index contributed by atoms with van der Waals surface area (Å²) in [5.74, 6) is 2.07. The summed E-state index contributed by atoms with van der Waals surface area (Å²) < 4.78 is 10.8. The summed E-state index contributed by atoms with van der Waals surface area (Å²) in [4.78, 5) is 4.63. The molecule has 0 spiro atoms. The van der Waals surface area contributed by atoms with Crippen LogP contribution in [-0.4, -0.2) is 39.4 Å². The largest absolute Gasteiger partial charge is 0.497 e. The highest BCUT2D eigenvalue weighted by Gasteiger charge is 2.34. The molecule has 5 nitrogen and oxygen atoms in total. The molecule has 0 radical (unpaired) electrons. The van der Waals surface area contributed by atoms with E-state index in [0.29, 0.717) is 18.4 Å². The van der Waals surface area contributed by atoms with E-state index in [1.807, 2.05) is 12.1 Å². The van der Waals surface area contributed by atoms with E-state index in [1.165, 1.54) is 5.56 Å². The van der Waals surface area contributed by atoms with Crippen LogP contribution in [0.3, 0.4) is 0 Å². The number of nitrogens with zero attached hydrogens (tertiary/aromatic N) is 1. The van der Waals surface area contributed by atoms with Crippen molar-refractivity contribution in [2.24, 2.45) is 16.6 Å². The molecule has 0 amide bonds. The molecule has 0 aliphatic carbocycles. The highest BCUT2D eigenvalue weighted by atomic mass is 16.5. The van der Waals surface area contributed by atoms with Crippen LogP contribution in [0.5, 0.6) is 5.75 Å². The molecule has 0 aromatic heterocycles. The van der Waals surface area contributed by atoms with Crippen LogP contribution in [0.4, 0.5) is 0 Å². The Bertz CT molecular complexity index is 520. The van der Waals surface area contributed by atoms with Gasteiger partial charge in [-0.25, -0.2) is 0 Å². The second-order valence-electron chi connectivity index (χ2n) is 6.93. The van der Waals surface area contributed by atoms with Crippen LogP contribution in [0, 0.1) is 5.92 Å². The van der Waals surface area contributed by atoms with E-state index < -0.39 is 0 Å². The van der Waals surface area contributed by atoms with E-state index in [2.05, 4.69) is 36.3 Å². The maximum atomic E-state index is 6.05. The molecule has 1 aliphatic rings. The second-order valence-corrected chi connectivity index (χ2v) is 6.93. The summed E-state index contributed by atoms with van der Waals surface area (Å²) in [5.41, 5.74) is 7.32. The van der Waals surface area contributed by atoms with Crippen molar-refractivity contribution in [3.05, 3.63) is 29.8 Å². The third kappa shape index (κ3) is 5.13. The molecular weight excluding hydrogens is 302 g/mol. The highest BCUT2D eigenvalue weighted by molar-refractivity contribution is 5.77. The van der Waals surface area contributed by atoms with Gasteiger partial charge in [0.2, 0.25) is 0 Å². The van der Waals surface area contributed by atoms with Crippen molar-refractivity contribution in [2.45, 2.75) is 38.5 Å². The summed E-state index contributed by atoms with van der Waals surface area (Å²) in [6.45, 7) is 7.49. The minimum Gasteiger partial charge on any atom is -0.497 e. The van der Waals surface area contributed by atoms with Gasteiger partial charge < -0.3 is 20.5 Å². The van der Waals surface area contributed by atoms with Gasteiger partial charge in [-0.2, -0.15) is 0 Å². The maximum absolute atomic E-state index is 6.05. The molecule has 1 aliphatic heterocycles. The Labute approximate surface area is 145 Å². The third-order valence-electron chi connectivity index (χ3n) is 4.73.